The molecule has 1 N–H and O–H groups in total. The molecule has 1 heterocycles. The summed E-state index contributed by atoms with van der Waals surface area (Å²) in [4.78, 5) is 27.6. The van der Waals surface area contributed by atoms with Gasteiger partial charge < -0.3 is 19.9 Å². The van der Waals surface area contributed by atoms with Gasteiger partial charge >= 0.3 is 0 Å². The van der Waals surface area contributed by atoms with Gasteiger partial charge in [-0.15, -0.1) is 0 Å². The van der Waals surface area contributed by atoms with Gasteiger partial charge in [-0.3, -0.25) is 9.59 Å². The van der Waals surface area contributed by atoms with E-state index in [-0.39, 0.29) is 18.4 Å². The van der Waals surface area contributed by atoms with Gasteiger partial charge in [0.15, 0.2) is 6.61 Å². The number of hydrogen-bond acceptors (Lipinski definition) is 4. The Morgan fingerprint density at radius 3 is 2.77 bits per heavy atom. The van der Waals surface area contributed by atoms with Crippen molar-refractivity contribution < 1.29 is 14.3 Å². The zero-order chi connectivity index (χ0) is 16.1. The Balaban J connectivity index is 2.00. The maximum absolute atomic E-state index is 12.2. The molecule has 2 rings (SSSR count). The first-order valence-electron chi connectivity index (χ1n) is 7.60. The first kappa shape index (κ1) is 16.3. The number of likely N-dealkylation sites (N-methyl/N-ethyl adjacent to an activating group) is 2. The van der Waals surface area contributed by atoms with Crippen molar-refractivity contribution in [3.8, 4) is 5.75 Å². The van der Waals surface area contributed by atoms with Crippen molar-refractivity contribution in [1.29, 1.82) is 0 Å². The van der Waals surface area contributed by atoms with Crippen LogP contribution >= 0.6 is 0 Å². The Morgan fingerprint density at radius 1 is 1.36 bits per heavy atom. The largest absolute Gasteiger partial charge is 0.482 e. The number of rotatable bonds is 6. The van der Waals surface area contributed by atoms with E-state index in [1.54, 1.807) is 25.2 Å². The van der Waals surface area contributed by atoms with E-state index in [0.717, 1.165) is 19.6 Å². The van der Waals surface area contributed by atoms with E-state index in [1.807, 2.05) is 0 Å². The van der Waals surface area contributed by atoms with Crippen LogP contribution in [0.3, 0.4) is 0 Å². The zero-order valence-corrected chi connectivity index (χ0v) is 13.4. The molecule has 1 aliphatic heterocycles. The highest BCUT2D eigenvalue weighted by Gasteiger charge is 2.23. The van der Waals surface area contributed by atoms with E-state index in [1.165, 1.54) is 4.90 Å². The second kappa shape index (κ2) is 7.26. The van der Waals surface area contributed by atoms with Crippen LogP contribution in [0.25, 0.3) is 0 Å². The highest BCUT2D eigenvalue weighted by Crippen LogP contribution is 2.31. The lowest BCUT2D eigenvalue weighted by Crippen LogP contribution is -2.36. The van der Waals surface area contributed by atoms with Crippen molar-refractivity contribution in [2.45, 2.75) is 13.8 Å². The van der Waals surface area contributed by atoms with Gasteiger partial charge in [-0.2, -0.15) is 0 Å². The molecule has 22 heavy (non-hydrogen) atoms. The van der Waals surface area contributed by atoms with Crippen LogP contribution in [0.5, 0.6) is 5.75 Å². The van der Waals surface area contributed by atoms with Gasteiger partial charge in [0.1, 0.15) is 5.75 Å². The first-order chi connectivity index (χ1) is 10.6. The number of carbonyl (C=O) groups is 2. The Labute approximate surface area is 131 Å². The van der Waals surface area contributed by atoms with Crippen LogP contribution in [0.1, 0.15) is 24.2 Å². The summed E-state index contributed by atoms with van der Waals surface area (Å²) in [5, 5.41) is 2.91. The number of hydrogen-bond donors (Lipinski definition) is 1. The number of fused-ring (bicyclic) bond motifs is 1. The minimum absolute atomic E-state index is 0.0406. The lowest BCUT2D eigenvalue weighted by Gasteiger charge is -2.26. The van der Waals surface area contributed by atoms with Crippen LogP contribution in [0.2, 0.25) is 0 Å². The minimum atomic E-state index is -0.138. The number of anilines is 1. The van der Waals surface area contributed by atoms with E-state index in [4.69, 9.17) is 4.74 Å². The molecule has 6 nitrogen and oxygen atoms in total. The van der Waals surface area contributed by atoms with Crippen molar-refractivity contribution in [3.05, 3.63) is 23.8 Å². The summed E-state index contributed by atoms with van der Waals surface area (Å²) in [7, 11) is 1.69. The van der Waals surface area contributed by atoms with Gasteiger partial charge in [0.25, 0.3) is 11.8 Å². The van der Waals surface area contributed by atoms with E-state index in [2.05, 4.69) is 24.1 Å². The van der Waals surface area contributed by atoms with Crippen molar-refractivity contribution in [2.24, 2.45) is 0 Å². The fourth-order valence-electron chi connectivity index (χ4n) is 2.38. The fraction of sp³-hybridized carbons (Fsp3) is 0.500. The SMILES string of the molecule is CCN(CC)CCNC(=O)c1ccc2c(c1)N(C)C(=O)CO2. The average molecular weight is 305 g/mol. The summed E-state index contributed by atoms with van der Waals surface area (Å²) in [6.07, 6.45) is 0. The maximum Gasteiger partial charge on any atom is 0.264 e. The molecule has 0 radical (unpaired) electrons. The second-order valence-electron chi connectivity index (χ2n) is 5.21. The van der Waals surface area contributed by atoms with Crippen LogP contribution in [0.4, 0.5) is 5.69 Å². The Kier molecular flexibility index (Phi) is 5.38. The molecule has 1 aliphatic rings. The predicted molar refractivity (Wildman–Crippen MR) is 85.5 cm³/mol. The van der Waals surface area contributed by atoms with Gasteiger partial charge in [0.2, 0.25) is 0 Å². The molecule has 0 saturated carbocycles. The second-order valence-corrected chi connectivity index (χ2v) is 5.21. The maximum atomic E-state index is 12.2. The molecular weight excluding hydrogens is 282 g/mol. The van der Waals surface area contributed by atoms with E-state index in [0.29, 0.717) is 23.5 Å². The van der Waals surface area contributed by atoms with Gasteiger partial charge in [-0.05, 0) is 31.3 Å². The van der Waals surface area contributed by atoms with Crippen LogP contribution in [-0.4, -0.2) is 56.5 Å². The molecule has 1 aromatic rings. The molecule has 0 aromatic heterocycles. The normalized spacial score (nSPS) is 13.8. The Bertz CT molecular complexity index is 556. The summed E-state index contributed by atoms with van der Waals surface area (Å²) in [5.74, 6) is 0.370. The van der Waals surface area contributed by atoms with Crippen molar-refractivity contribution >= 4 is 17.5 Å². The number of nitrogens with zero attached hydrogens (tertiary/aromatic N) is 2. The third-order valence-electron chi connectivity index (χ3n) is 3.92. The minimum Gasteiger partial charge on any atom is -0.482 e. The van der Waals surface area contributed by atoms with Crippen molar-refractivity contribution in [3.63, 3.8) is 0 Å². The lowest BCUT2D eigenvalue weighted by atomic mass is 10.1. The monoisotopic (exact) mass is 305 g/mol. The van der Waals surface area contributed by atoms with Crippen molar-refractivity contribution in [1.82, 2.24) is 10.2 Å². The highest BCUT2D eigenvalue weighted by molar-refractivity contribution is 6.00. The third-order valence-corrected chi connectivity index (χ3v) is 3.92. The van der Waals surface area contributed by atoms with Crippen LogP contribution in [0.15, 0.2) is 18.2 Å². The van der Waals surface area contributed by atoms with Gasteiger partial charge in [0.05, 0.1) is 5.69 Å². The molecule has 0 fully saturated rings. The number of ether oxygens (including phenoxy) is 1. The van der Waals surface area contributed by atoms with Crippen LogP contribution in [0, 0.1) is 0 Å². The zero-order valence-electron chi connectivity index (χ0n) is 13.4. The molecule has 0 spiro atoms. The van der Waals surface area contributed by atoms with E-state index < -0.39 is 0 Å². The van der Waals surface area contributed by atoms with E-state index >= 15 is 0 Å². The number of benzene rings is 1. The Morgan fingerprint density at radius 2 is 2.09 bits per heavy atom. The molecule has 0 saturated heterocycles. The van der Waals surface area contributed by atoms with Gasteiger partial charge in [0, 0.05) is 25.7 Å². The Hall–Kier alpha value is -2.08. The van der Waals surface area contributed by atoms with Crippen LogP contribution in [-0.2, 0) is 4.79 Å². The summed E-state index contributed by atoms with van der Waals surface area (Å²) in [6, 6.07) is 5.14. The molecule has 1 aromatic carbocycles. The van der Waals surface area contributed by atoms with Gasteiger partial charge in [-0.1, -0.05) is 13.8 Å². The highest BCUT2D eigenvalue weighted by atomic mass is 16.5. The lowest BCUT2D eigenvalue weighted by molar-refractivity contribution is -0.120. The summed E-state index contributed by atoms with van der Waals surface area (Å²) in [5.41, 5.74) is 1.16. The smallest absolute Gasteiger partial charge is 0.264 e. The third kappa shape index (κ3) is 3.57. The number of nitrogens with one attached hydrogen (secondary N) is 1. The van der Waals surface area contributed by atoms with Crippen molar-refractivity contribution in [2.75, 3.05) is 44.7 Å². The summed E-state index contributed by atoms with van der Waals surface area (Å²) < 4.78 is 5.35. The van der Waals surface area contributed by atoms with Gasteiger partial charge in [-0.25, -0.2) is 0 Å². The summed E-state index contributed by atoms with van der Waals surface area (Å²) in [6.45, 7) is 7.60. The quantitative estimate of drug-likeness (QED) is 0.855. The molecule has 120 valence electrons. The number of carbonyl (C=O) groups excluding carboxylic acids is 2. The standard InChI is InChI=1S/C16H23N3O3/c1-4-19(5-2)9-8-17-16(21)12-6-7-14-13(10-12)18(3)15(20)11-22-14/h6-7,10H,4-5,8-9,11H2,1-3H3,(H,17,21). The predicted octanol–water partition coefficient (Wildman–Crippen LogP) is 1.11. The molecule has 0 atom stereocenters. The number of amides is 2. The molecular formula is C16H23N3O3. The fourth-order valence-corrected chi connectivity index (χ4v) is 2.38. The molecule has 0 unspecified atom stereocenters. The topological polar surface area (TPSA) is 61.9 Å². The molecule has 2 amide bonds. The van der Waals surface area contributed by atoms with Crippen LogP contribution < -0.4 is 15.0 Å². The molecule has 6 heteroatoms. The summed E-state index contributed by atoms with van der Waals surface area (Å²) >= 11 is 0. The molecule has 0 aliphatic carbocycles. The average Bonchev–Trinajstić information content (AvgIpc) is 2.54. The first-order valence-corrected chi connectivity index (χ1v) is 7.60. The molecule has 0 bridgehead atoms. The van der Waals surface area contributed by atoms with E-state index in [9.17, 15) is 9.59 Å².